The van der Waals surface area contributed by atoms with Gasteiger partial charge in [0.25, 0.3) is 0 Å². The molecule has 0 aromatic rings. The van der Waals surface area contributed by atoms with E-state index in [2.05, 4.69) is 21.3 Å². The number of hydrogen-bond donors (Lipinski definition) is 8. The van der Waals surface area contributed by atoms with Crippen molar-refractivity contribution in [3.8, 4) is 0 Å². The van der Waals surface area contributed by atoms with E-state index in [-0.39, 0.29) is 39.0 Å². The molecule has 4 rings (SSSR count). The molecule has 61 heavy (non-hydrogen) atoms. The Hall–Kier alpha value is -5.71. The molecule has 9 atom stereocenters. The van der Waals surface area contributed by atoms with Crippen LogP contribution in [0.25, 0.3) is 0 Å². The van der Waals surface area contributed by atoms with Crippen LogP contribution in [0, 0.1) is 0 Å². The highest BCUT2D eigenvalue weighted by Crippen LogP contribution is 2.33. The van der Waals surface area contributed by atoms with Crippen LogP contribution in [-0.2, 0) is 47.9 Å². The fourth-order valence-electron chi connectivity index (χ4n) is 8.74. The lowest BCUT2D eigenvalue weighted by Crippen LogP contribution is -2.64. The van der Waals surface area contributed by atoms with Crippen LogP contribution >= 0.6 is 0 Å². The average Bonchev–Trinajstić information content (AvgIpc) is 4.03. The summed E-state index contributed by atoms with van der Waals surface area (Å²) in [6.45, 7) is 4.40. The van der Waals surface area contributed by atoms with Crippen LogP contribution in [0.15, 0.2) is 0 Å². The average molecular weight is 865 g/mol. The Labute approximate surface area is 351 Å². The molecule has 4 saturated heterocycles. The van der Waals surface area contributed by atoms with Gasteiger partial charge in [-0.15, -0.1) is 0 Å². The van der Waals surface area contributed by atoms with E-state index < -0.39 is 144 Å². The van der Waals surface area contributed by atoms with Gasteiger partial charge in [-0.3, -0.25) is 43.2 Å². The Morgan fingerprint density at radius 2 is 1.23 bits per heavy atom. The van der Waals surface area contributed by atoms with Crippen LogP contribution in [0.4, 0.5) is 4.79 Å². The molecule has 23 heteroatoms. The van der Waals surface area contributed by atoms with Gasteiger partial charge in [-0.05, 0) is 65.7 Å². The van der Waals surface area contributed by atoms with Crippen LogP contribution in [0.1, 0.15) is 91.4 Å². The number of nitrogens with two attached hydrogens (primary N) is 1. The van der Waals surface area contributed by atoms with Crippen LogP contribution in [0.5, 0.6) is 0 Å². The monoisotopic (exact) mass is 864 g/mol. The maximum absolute atomic E-state index is 14.0. The third kappa shape index (κ3) is 11.2. The summed E-state index contributed by atoms with van der Waals surface area (Å²) in [5.74, 6) is -8.97. The molecule has 4 aliphatic heterocycles. The van der Waals surface area contributed by atoms with Crippen molar-refractivity contribution >= 4 is 65.3 Å². The van der Waals surface area contributed by atoms with Gasteiger partial charge in [0.15, 0.2) is 0 Å². The molecule has 4 heterocycles. The molecule has 1 unspecified atom stereocenters. The molecule has 9 N–H and O–H groups in total. The Balaban J connectivity index is 1.41. The van der Waals surface area contributed by atoms with Gasteiger partial charge in [-0.25, -0.2) is 4.79 Å². The number of carbonyl (C=O) groups is 11. The van der Waals surface area contributed by atoms with E-state index in [1.54, 1.807) is 6.92 Å². The van der Waals surface area contributed by atoms with E-state index in [0.29, 0.717) is 38.5 Å². The van der Waals surface area contributed by atoms with Crippen molar-refractivity contribution in [2.45, 2.75) is 140 Å². The molecule has 4 fully saturated rings. The van der Waals surface area contributed by atoms with Gasteiger partial charge in [-0.1, -0.05) is 0 Å². The zero-order valence-corrected chi connectivity index (χ0v) is 34.6. The fraction of sp³-hybridized carbons (Fsp3) is 0.711. The minimum Gasteiger partial charge on any atom is -0.481 e. The lowest BCUT2D eigenvalue weighted by molar-refractivity contribution is -0.793. The van der Waals surface area contributed by atoms with Gasteiger partial charge >= 0.3 is 23.9 Å². The van der Waals surface area contributed by atoms with Gasteiger partial charge in [0.05, 0.1) is 25.6 Å². The second kappa shape index (κ2) is 20.7. The Morgan fingerprint density at radius 1 is 0.672 bits per heavy atom. The summed E-state index contributed by atoms with van der Waals surface area (Å²) < 4.78 is -0.783. The number of imide groups is 1. The van der Waals surface area contributed by atoms with Crippen LogP contribution < -0.4 is 27.0 Å². The quantitative estimate of drug-likeness (QED) is 0.0698. The fourth-order valence-corrected chi connectivity index (χ4v) is 8.74. The molecule has 0 spiro atoms. The Morgan fingerprint density at radius 3 is 1.75 bits per heavy atom. The normalized spacial score (nSPS) is 25.5. The SMILES string of the molecule is C[C@H](N)C(=O)N1CCC[C@H]1C(=O)NCC(=O)N[C@@H](CC(=O)O)C(=O)N[C@@H](CCC(=O)O)C(=O)N1CCC[C@H]1C(=O)N[C@@H](C)C(=O)N1CCC[C@H]1C(=O)[N+]1(C(=O)O)CCC[C@H]1C. The van der Waals surface area contributed by atoms with Crippen molar-refractivity contribution in [2.24, 2.45) is 5.73 Å². The second-order valence-electron chi connectivity index (χ2n) is 16.2. The zero-order chi connectivity index (χ0) is 45.3. The second-order valence-corrected chi connectivity index (χ2v) is 16.2. The molecular weight excluding hydrogens is 806 g/mol. The highest BCUT2D eigenvalue weighted by atomic mass is 16.4. The first-order chi connectivity index (χ1) is 28.7. The van der Waals surface area contributed by atoms with E-state index in [1.165, 1.54) is 23.6 Å². The molecule has 4 aliphatic rings. The number of carboxylic acid groups (broad SMARTS) is 3. The van der Waals surface area contributed by atoms with Crippen LogP contribution in [0.3, 0.4) is 0 Å². The molecule has 0 aromatic carbocycles. The van der Waals surface area contributed by atoms with Crippen LogP contribution in [0.2, 0.25) is 0 Å². The first kappa shape index (κ1) is 48.0. The molecule has 0 bridgehead atoms. The summed E-state index contributed by atoms with van der Waals surface area (Å²) in [6.07, 6.45) is -0.339. The number of rotatable bonds is 17. The number of nitrogens with zero attached hydrogens (tertiary/aromatic N) is 4. The number of amides is 9. The third-order valence-corrected chi connectivity index (χ3v) is 12.0. The van der Waals surface area contributed by atoms with Crippen molar-refractivity contribution in [3.05, 3.63) is 0 Å². The number of hydrogen-bond acceptors (Lipinski definition) is 12. The van der Waals surface area contributed by atoms with E-state index in [0.717, 1.165) is 4.90 Å². The summed E-state index contributed by atoms with van der Waals surface area (Å²) >= 11 is 0. The Kier molecular flexibility index (Phi) is 16.3. The number of carboxylic acids is 2. The first-order valence-corrected chi connectivity index (χ1v) is 20.6. The van der Waals surface area contributed by atoms with Gasteiger partial charge < -0.3 is 57.0 Å². The van der Waals surface area contributed by atoms with Gasteiger partial charge in [0.1, 0.15) is 42.3 Å². The minimum atomic E-state index is -1.79. The first-order valence-electron chi connectivity index (χ1n) is 20.6. The minimum absolute atomic E-state index is 0.00202. The number of quaternary nitrogens is 1. The molecule has 0 saturated carbocycles. The predicted molar refractivity (Wildman–Crippen MR) is 208 cm³/mol. The predicted octanol–water partition coefficient (Wildman–Crippen LogP) is -2.56. The molecular formula is C38H58N9O14+. The molecule has 338 valence electrons. The summed E-state index contributed by atoms with van der Waals surface area (Å²) in [6, 6.07) is -9.02. The summed E-state index contributed by atoms with van der Waals surface area (Å²) in [7, 11) is 0. The zero-order valence-electron chi connectivity index (χ0n) is 34.6. The Bertz CT molecular complexity index is 1780. The molecule has 0 radical (unpaired) electrons. The van der Waals surface area contributed by atoms with Crippen molar-refractivity contribution in [1.82, 2.24) is 36.0 Å². The molecule has 0 aromatic heterocycles. The maximum Gasteiger partial charge on any atom is 0.521 e. The molecule has 9 amide bonds. The lowest BCUT2D eigenvalue weighted by Gasteiger charge is -2.35. The van der Waals surface area contributed by atoms with E-state index in [9.17, 15) is 68.1 Å². The number of aliphatic carboxylic acids is 2. The molecule has 0 aliphatic carbocycles. The van der Waals surface area contributed by atoms with Crippen molar-refractivity contribution in [3.63, 3.8) is 0 Å². The van der Waals surface area contributed by atoms with E-state index in [4.69, 9.17) is 5.73 Å². The van der Waals surface area contributed by atoms with Crippen LogP contribution in [-0.4, -0.2) is 181 Å². The third-order valence-electron chi connectivity index (χ3n) is 12.0. The van der Waals surface area contributed by atoms with Gasteiger partial charge in [0, 0.05) is 38.9 Å². The largest absolute Gasteiger partial charge is 0.521 e. The smallest absolute Gasteiger partial charge is 0.481 e. The molecule has 23 nitrogen and oxygen atoms in total. The number of likely N-dealkylation sites (tertiary alicyclic amines) is 4. The standard InChI is InChI=1S/C38H57N9O14/c1-20-8-7-17-47(20,38(60)61)37(59)27-11-6-16-46(27)35(57)22(3)41-33(55)26-10-5-15-45(26)36(58)23(12-13-29(49)50)43-31(53)24(18-30(51)52)42-28(48)19-40-32(54)25-9-4-14-44(25)34(56)21(2)39/h20-27H,4-19,39H2,1-3H3,(H6-,40,41,42,43,48,49,50,51,52,53,54,55,60,61)/p+1/t20-,21+,22+,23+,24+,25+,26+,27+,47?/m1/s1. The highest BCUT2D eigenvalue weighted by Gasteiger charge is 2.57. The summed E-state index contributed by atoms with van der Waals surface area (Å²) in [5, 5.41) is 38.5. The number of nitrogens with one attached hydrogen (secondary N) is 4. The van der Waals surface area contributed by atoms with Crippen molar-refractivity contribution in [2.75, 3.05) is 32.7 Å². The highest BCUT2D eigenvalue weighted by molar-refractivity contribution is 5.98. The van der Waals surface area contributed by atoms with Crippen molar-refractivity contribution in [1.29, 1.82) is 0 Å². The lowest BCUT2D eigenvalue weighted by atomic mass is 10.1. The van der Waals surface area contributed by atoms with Gasteiger partial charge in [0.2, 0.25) is 41.4 Å². The topological polar surface area (TPSA) is 332 Å². The van der Waals surface area contributed by atoms with E-state index in [1.807, 2.05) is 0 Å². The summed E-state index contributed by atoms with van der Waals surface area (Å²) in [4.78, 5) is 146. The summed E-state index contributed by atoms with van der Waals surface area (Å²) in [5.41, 5.74) is 5.67. The number of carbonyl (C=O) groups excluding carboxylic acids is 8. The van der Waals surface area contributed by atoms with E-state index >= 15 is 0 Å². The maximum atomic E-state index is 14.0. The van der Waals surface area contributed by atoms with Gasteiger partial charge in [-0.2, -0.15) is 9.28 Å². The van der Waals surface area contributed by atoms with Crippen molar-refractivity contribution < 1.29 is 72.5 Å².